The van der Waals surface area contributed by atoms with Gasteiger partial charge in [-0.15, -0.1) is 0 Å². The van der Waals surface area contributed by atoms with E-state index in [9.17, 15) is 9.90 Å². The van der Waals surface area contributed by atoms with Crippen molar-refractivity contribution >= 4 is 34.8 Å². The summed E-state index contributed by atoms with van der Waals surface area (Å²) in [4.78, 5) is 12.0. The summed E-state index contributed by atoms with van der Waals surface area (Å²) in [5, 5.41) is 12.2. The highest BCUT2D eigenvalue weighted by Crippen LogP contribution is 2.34. The number of nitrogens with one attached hydrogen (secondary N) is 1. The van der Waals surface area contributed by atoms with E-state index in [1.54, 1.807) is 24.3 Å². The Bertz CT molecular complexity index is 609. The molecular weight excluding hydrogens is 299 g/mol. The molecule has 0 unspecified atom stereocenters. The first-order chi connectivity index (χ1) is 9.49. The summed E-state index contributed by atoms with van der Waals surface area (Å²) in [6, 6.07) is 11.0. The van der Waals surface area contributed by atoms with Crippen molar-refractivity contribution in [2.45, 2.75) is 6.04 Å². The van der Waals surface area contributed by atoms with Crippen LogP contribution in [-0.2, 0) is 4.79 Å². The van der Waals surface area contributed by atoms with Crippen LogP contribution in [-0.4, -0.2) is 11.0 Å². The second kappa shape index (κ2) is 6.13. The third-order valence-corrected chi connectivity index (χ3v) is 3.30. The number of hydrogen-bond donors (Lipinski definition) is 3. The molecule has 6 heteroatoms. The van der Waals surface area contributed by atoms with E-state index >= 15 is 0 Å². The molecule has 1 atom stereocenters. The summed E-state index contributed by atoms with van der Waals surface area (Å²) in [5.41, 5.74) is 6.93. The second-order valence-electron chi connectivity index (χ2n) is 4.17. The normalized spacial score (nSPS) is 11.9. The molecule has 2 aromatic carbocycles. The third-order valence-electron chi connectivity index (χ3n) is 2.73. The average molecular weight is 311 g/mol. The van der Waals surface area contributed by atoms with Crippen LogP contribution in [0.3, 0.4) is 0 Å². The Balaban J connectivity index is 2.16. The molecule has 0 aliphatic heterocycles. The lowest BCUT2D eigenvalue weighted by molar-refractivity contribution is -0.117. The number of benzene rings is 2. The minimum Gasteiger partial charge on any atom is -0.505 e. The number of hydrogen-bond acceptors (Lipinski definition) is 3. The van der Waals surface area contributed by atoms with Crippen LogP contribution in [0, 0.1) is 0 Å². The first kappa shape index (κ1) is 14.7. The van der Waals surface area contributed by atoms with E-state index in [0.29, 0.717) is 11.3 Å². The minimum atomic E-state index is -0.803. The van der Waals surface area contributed by atoms with Crippen molar-refractivity contribution < 1.29 is 9.90 Å². The van der Waals surface area contributed by atoms with Crippen molar-refractivity contribution in [1.29, 1.82) is 0 Å². The van der Waals surface area contributed by atoms with E-state index in [-0.39, 0.29) is 15.8 Å². The molecule has 1 amide bonds. The van der Waals surface area contributed by atoms with Gasteiger partial charge in [0.15, 0.2) is 5.75 Å². The minimum absolute atomic E-state index is 0.0566. The van der Waals surface area contributed by atoms with Gasteiger partial charge in [0.25, 0.3) is 0 Å². The van der Waals surface area contributed by atoms with Gasteiger partial charge >= 0.3 is 0 Å². The molecule has 0 fully saturated rings. The number of amides is 1. The van der Waals surface area contributed by atoms with Crippen LogP contribution in [0.1, 0.15) is 11.6 Å². The van der Waals surface area contributed by atoms with Crippen LogP contribution < -0.4 is 11.1 Å². The van der Waals surface area contributed by atoms with E-state index in [1.165, 1.54) is 12.1 Å². The predicted molar refractivity (Wildman–Crippen MR) is 80.1 cm³/mol. The molecule has 0 aromatic heterocycles. The van der Waals surface area contributed by atoms with Gasteiger partial charge in [0.1, 0.15) is 6.04 Å². The van der Waals surface area contributed by atoms with Crippen molar-refractivity contribution in [3.8, 4) is 5.75 Å². The zero-order valence-electron chi connectivity index (χ0n) is 10.3. The summed E-state index contributed by atoms with van der Waals surface area (Å²) in [6.45, 7) is 0. The standard InChI is InChI=1S/C14H12Cl2N2O2/c15-10-6-9(7-11(16)13(10)19)18-14(20)12(17)8-4-2-1-3-5-8/h1-7,12,19H,17H2,(H,18,20)/t12-/m1/s1. The maximum absolute atomic E-state index is 12.0. The third kappa shape index (κ3) is 3.22. The number of phenolic OH excluding ortho intramolecular Hbond substituents is 1. The van der Waals surface area contributed by atoms with Gasteiger partial charge in [0, 0.05) is 5.69 Å². The van der Waals surface area contributed by atoms with Crippen molar-refractivity contribution in [3.05, 3.63) is 58.1 Å². The van der Waals surface area contributed by atoms with E-state index in [4.69, 9.17) is 28.9 Å². The summed E-state index contributed by atoms with van der Waals surface area (Å²) >= 11 is 11.6. The molecule has 20 heavy (non-hydrogen) atoms. The Kier molecular flexibility index (Phi) is 4.49. The van der Waals surface area contributed by atoms with Gasteiger partial charge in [-0.25, -0.2) is 0 Å². The number of anilines is 1. The van der Waals surface area contributed by atoms with Gasteiger partial charge in [0.2, 0.25) is 5.91 Å². The molecule has 104 valence electrons. The number of carbonyl (C=O) groups excluding carboxylic acids is 1. The summed E-state index contributed by atoms with van der Waals surface area (Å²) in [5.74, 6) is -0.618. The van der Waals surface area contributed by atoms with Gasteiger partial charge in [0.05, 0.1) is 10.0 Å². The Morgan fingerprint density at radius 1 is 1.15 bits per heavy atom. The second-order valence-corrected chi connectivity index (χ2v) is 4.98. The molecule has 0 saturated heterocycles. The van der Waals surface area contributed by atoms with Crippen molar-refractivity contribution in [1.82, 2.24) is 0 Å². The number of halogens is 2. The van der Waals surface area contributed by atoms with Crippen molar-refractivity contribution in [3.63, 3.8) is 0 Å². The summed E-state index contributed by atoms with van der Waals surface area (Å²) in [6.07, 6.45) is 0. The molecule has 0 spiro atoms. The predicted octanol–water partition coefficient (Wildman–Crippen LogP) is 3.34. The van der Waals surface area contributed by atoms with Crippen LogP contribution >= 0.6 is 23.2 Å². The molecule has 4 nitrogen and oxygen atoms in total. The zero-order chi connectivity index (χ0) is 14.7. The number of nitrogens with two attached hydrogens (primary N) is 1. The first-order valence-electron chi connectivity index (χ1n) is 5.78. The molecule has 0 heterocycles. The summed E-state index contributed by atoms with van der Waals surface area (Å²) < 4.78 is 0. The van der Waals surface area contributed by atoms with Gasteiger partial charge in [-0.1, -0.05) is 53.5 Å². The van der Waals surface area contributed by atoms with Gasteiger partial charge in [-0.3, -0.25) is 4.79 Å². The lowest BCUT2D eigenvalue weighted by atomic mass is 10.1. The van der Waals surface area contributed by atoms with Gasteiger partial charge in [-0.2, -0.15) is 0 Å². The lowest BCUT2D eigenvalue weighted by Gasteiger charge is -2.13. The molecule has 0 saturated carbocycles. The molecule has 2 aromatic rings. The topological polar surface area (TPSA) is 75.4 Å². The Labute approximate surface area is 126 Å². The zero-order valence-corrected chi connectivity index (χ0v) is 11.8. The van der Waals surface area contributed by atoms with Crippen LogP contribution in [0.5, 0.6) is 5.75 Å². The van der Waals surface area contributed by atoms with Gasteiger partial charge < -0.3 is 16.2 Å². The van der Waals surface area contributed by atoms with E-state index < -0.39 is 11.9 Å². The number of carbonyl (C=O) groups is 1. The number of phenols is 1. The van der Waals surface area contributed by atoms with E-state index in [1.807, 2.05) is 6.07 Å². The fraction of sp³-hybridized carbons (Fsp3) is 0.0714. The highest BCUT2D eigenvalue weighted by Gasteiger charge is 2.16. The highest BCUT2D eigenvalue weighted by atomic mass is 35.5. The van der Waals surface area contributed by atoms with Crippen molar-refractivity contribution in [2.24, 2.45) is 5.73 Å². The first-order valence-corrected chi connectivity index (χ1v) is 6.54. The molecule has 2 rings (SSSR count). The largest absolute Gasteiger partial charge is 0.505 e. The maximum atomic E-state index is 12.0. The Hall–Kier alpha value is -1.75. The molecular formula is C14H12Cl2N2O2. The molecule has 0 aliphatic rings. The van der Waals surface area contributed by atoms with Crippen LogP contribution in [0.2, 0.25) is 10.0 Å². The van der Waals surface area contributed by atoms with Gasteiger partial charge in [-0.05, 0) is 17.7 Å². The maximum Gasteiger partial charge on any atom is 0.245 e. The van der Waals surface area contributed by atoms with E-state index in [2.05, 4.69) is 5.32 Å². The quantitative estimate of drug-likeness (QED) is 0.761. The molecule has 0 aliphatic carbocycles. The van der Waals surface area contributed by atoms with Crippen LogP contribution in [0.15, 0.2) is 42.5 Å². The Morgan fingerprint density at radius 2 is 1.70 bits per heavy atom. The molecule has 4 N–H and O–H groups in total. The summed E-state index contributed by atoms with van der Waals surface area (Å²) in [7, 11) is 0. The average Bonchev–Trinajstić information content (AvgIpc) is 2.44. The SMILES string of the molecule is N[C@@H](C(=O)Nc1cc(Cl)c(O)c(Cl)c1)c1ccccc1. The fourth-order valence-corrected chi connectivity index (χ4v) is 2.16. The van der Waals surface area contributed by atoms with Crippen molar-refractivity contribution in [2.75, 3.05) is 5.32 Å². The highest BCUT2D eigenvalue weighted by molar-refractivity contribution is 6.37. The van der Waals surface area contributed by atoms with Crippen LogP contribution in [0.25, 0.3) is 0 Å². The monoisotopic (exact) mass is 310 g/mol. The smallest absolute Gasteiger partial charge is 0.245 e. The number of aromatic hydroxyl groups is 1. The lowest BCUT2D eigenvalue weighted by Crippen LogP contribution is -2.27. The number of rotatable bonds is 3. The van der Waals surface area contributed by atoms with Crippen LogP contribution in [0.4, 0.5) is 5.69 Å². The fourth-order valence-electron chi connectivity index (χ4n) is 1.67. The molecule has 0 radical (unpaired) electrons. The molecule has 0 bridgehead atoms. The Morgan fingerprint density at radius 3 is 2.25 bits per heavy atom. The van der Waals surface area contributed by atoms with E-state index in [0.717, 1.165) is 0 Å².